The lowest BCUT2D eigenvalue weighted by molar-refractivity contribution is -0.384. The fraction of sp³-hybridized carbons (Fsp3) is 0.500. The van der Waals surface area contributed by atoms with Crippen LogP contribution in [-0.4, -0.2) is 24.7 Å². The van der Waals surface area contributed by atoms with Crippen LogP contribution in [0.1, 0.15) is 13.3 Å². The van der Waals surface area contributed by atoms with Crippen LogP contribution in [0.15, 0.2) is 24.3 Å². The van der Waals surface area contributed by atoms with Crippen molar-refractivity contribution in [2.45, 2.75) is 13.3 Å². The summed E-state index contributed by atoms with van der Waals surface area (Å²) >= 11 is 0. The molecule has 2 rings (SSSR count). The zero-order valence-electron chi connectivity index (χ0n) is 9.81. The van der Waals surface area contributed by atoms with E-state index in [1.165, 1.54) is 12.1 Å². The van der Waals surface area contributed by atoms with E-state index in [9.17, 15) is 10.1 Å². The second-order valence-corrected chi connectivity index (χ2v) is 4.77. The standard InChI is InChI=1S/C12H16N2O3/c1-12(6-7-17-9-12)8-13-10-2-4-11(5-3-10)14(15)16/h2-5,13H,6-9H2,1H3/t12-/m0/s1. The summed E-state index contributed by atoms with van der Waals surface area (Å²) in [5.41, 5.74) is 1.19. The summed E-state index contributed by atoms with van der Waals surface area (Å²) in [6.07, 6.45) is 1.05. The van der Waals surface area contributed by atoms with Crippen molar-refractivity contribution >= 4 is 11.4 Å². The maximum Gasteiger partial charge on any atom is 0.269 e. The van der Waals surface area contributed by atoms with Crippen molar-refractivity contribution in [2.24, 2.45) is 5.41 Å². The lowest BCUT2D eigenvalue weighted by Gasteiger charge is -2.22. The van der Waals surface area contributed by atoms with Crippen LogP contribution in [0.2, 0.25) is 0 Å². The SMILES string of the molecule is C[C@@]1(CNc2ccc([N+](=O)[O-])cc2)CCOC1. The minimum Gasteiger partial charge on any atom is -0.384 e. The molecule has 0 amide bonds. The van der Waals surface area contributed by atoms with Crippen LogP contribution in [-0.2, 0) is 4.74 Å². The Kier molecular flexibility index (Phi) is 3.28. The maximum atomic E-state index is 10.5. The van der Waals surface area contributed by atoms with Crippen molar-refractivity contribution in [3.63, 3.8) is 0 Å². The minimum atomic E-state index is -0.393. The van der Waals surface area contributed by atoms with E-state index in [0.717, 1.165) is 31.9 Å². The van der Waals surface area contributed by atoms with Crippen molar-refractivity contribution in [3.05, 3.63) is 34.4 Å². The van der Waals surface area contributed by atoms with Crippen LogP contribution in [0.25, 0.3) is 0 Å². The lowest BCUT2D eigenvalue weighted by Crippen LogP contribution is -2.26. The molecule has 0 bridgehead atoms. The number of ether oxygens (including phenoxy) is 1. The number of benzene rings is 1. The number of non-ortho nitro benzene ring substituents is 1. The van der Waals surface area contributed by atoms with E-state index in [4.69, 9.17) is 4.74 Å². The average molecular weight is 236 g/mol. The van der Waals surface area contributed by atoms with E-state index in [1.54, 1.807) is 12.1 Å². The van der Waals surface area contributed by atoms with Crippen molar-refractivity contribution in [1.29, 1.82) is 0 Å². The number of rotatable bonds is 4. The average Bonchev–Trinajstić information content (AvgIpc) is 2.75. The minimum absolute atomic E-state index is 0.117. The summed E-state index contributed by atoms with van der Waals surface area (Å²) in [6.45, 7) is 4.59. The van der Waals surface area contributed by atoms with Crippen molar-refractivity contribution in [1.82, 2.24) is 0 Å². The number of nitro groups is 1. The van der Waals surface area contributed by atoms with Crippen LogP contribution in [0.3, 0.4) is 0 Å². The summed E-state index contributed by atoms with van der Waals surface area (Å²) in [7, 11) is 0. The molecule has 0 spiro atoms. The number of hydrogen-bond donors (Lipinski definition) is 1. The molecular weight excluding hydrogens is 220 g/mol. The smallest absolute Gasteiger partial charge is 0.269 e. The van der Waals surface area contributed by atoms with Gasteiger partial charge in [0.1, 0.15) is 0 Å². The number of anilines is 1. The fourth-order valence-corrected chi connectivity index (χ4v) is 1.87. The van der Waals surface area contributed by atoms with Gasteiger partial charge in [0, 0.05) is 36.4 Å². The molecule has 1 aliphatic rings. The molecule has 5 nitrogen and oxygen atoms in total. The summed E-state index contributed by atoms with van der Waals surface area (Å²) in [5.74, 6) is 0. The second-order valence-electron chi connectivity index (χ2n) is 4.77. The molecule has 0 radical (unpaired) electrons. The van der Waals surface area contributed by atoms with Gasteiger partial charge in [-0.2, -0.15) is 0 Å². The lowest BCUT2D eigenvalue weighted by atomic mass is 9.90. The maximum absolute atomic E-state index is 10.5. The van der Waals surface area contributed by atoms with Gasteiger partial charge in [-0.1, -0.05) is 6.92 Å². The molecule has 1 heterocycles. The Hall–Kier alpha value is -1.62. The van der Waals surface area contributed by atoms with Gasteiger partial charge in [0.05, 0.1) is 11.5 Å². The molecule has 1 aliphatic heterocycles. The van der Waals surface area contributed by atoms with E-state index in [-0.39, 0.29) is 11.1 Å². The number of nitro benzene ring substituents is 1. The van der Waals surface area contributed by atoms with E-state index in [1.807, 2.05) is 0 Å². The molecule has 5 heteroatoms. The van der Waals surface area contributed by atoms with Gasteiger partial charge in [0.2, 0.25) is 0 Å². The molecule has 0 unspecified atom stereocenters. The zero-order valence-corrected chi connectivity index (χ0v) is 9.81. The first kappa shape index (κ1) is 11.9. The van der Waals surface area contributed by atoms with Gasteiger partial charge < -0.3 is 10.1 Å². The van der Waals surface area contributed by atoms with E-state index < -0.39 is 4.92 Å². The quantitative estimate of drug-likeness (QED) is 0.644. The molecule has 0 aromatic heterocycles. The molecule has 1 fully saturated rings. The van der Waals surface area contributed by atoms with E-state index in [2.05, 4.69) is 12.2 Å². The predicted molar refractivity (Wildman–Crippen MR) is 65.1 cm³/mol. The van der Waals surface area contributed by atoms with Crippen LogP contribution in [0.5, 0.6) is 0 Å². The topological polar surface area (TPSA) is 64.4 Å². The predicted octanol–water partition coefficient (Wildman–Crippen LogP) is 2.43. The van der Waals surface area contributed by atoms with Gasteiger partial charge in [0.15, 0.2) is 0 Å². The summed E-state index contributed by atoms with van der Waals surface area (Å²) < 4.78 is 5.37. The highest BCUT2D eigenvalue weighted by molar-refractivity contribution is 5.48. The van der Waals surface area contributed by atoms with Gasteiger partial charge >= 0.3 is 0 Å². The molecule has 1 saturated heterocycles. The first-order valence-electron chi connectivity index (χ1n) is 5.65. The molecule has 1 atom stereocenters. The molecule has 0 saturated carbocycles. The molecule has 0 aliphatic carbocycles. The molecular formula is C12H16N2O3. The molecule has 1 aromatic rings. The molecule has 1 N–H and O–H groups in total. The first-order valence-corrected chi connectivity index (χ1v) is 5.65. The normalized spacial score (nSPS) is 23.6. The zero-order chi connectivity index (χ0) is 12.3. The largest absolute Gasteiger partial charge is 0.384 e. The molecule has 1 aromatic carbocycles. The van der Waals surface area contributed by atoms with Crippen LogP contribution in [0, 0.1) is 15.5 Å². The summed E-state index contributed by atoms with van der Waals surface area (Å²) in [4.78, 5) is 10.1. The Labute approximate surface area is 99.9 Å². The third-order valence-electron chi connectivity index (χ3n) is 3.10. The van der Waals surface area contributed by atoms with Crippen LogP contribution >= 0.6 is 0 Å². The number of nitrogens with zero attached hydrogens (tertiary/aromatic N) is 1. The van der Waals surface area contributed by atoms with E-state index >= 15 is 0 Å². The Bertz CT molecular complexity index is 397. The van der Waals surface area contributed by atoms with Gasteiger partial charge in [-0.05, 0) is 18.6 Å². The highest BCUT2D eigenvalue weighted by atomic mass is 16.6. The van der Waals surface area contributed by atoms with Crippen molar-refractivity contribution in [3.8, 4) is 0 Å². The number of hydrogen-bond acceptors (Lipinski definition) is 4. The van der Waals surface area contributed by atoms with Gasteiger partial charge in [-0.25, -0.2) is 0 Å². The summed E-state index contributed by atoms with van der Waals surface area (Å²) in [6, 6.07) is 6.49. The van der Waals surface area contributed by atoms with Gasteiger partial charge in [-0.3, -0.25) is 10.1 Å². The highest BCUT2D eigenvalue weighted by Crippen LogP contribution is 2.28. The number of nitrogens with one attached hydrogen (secondary N) is 1. The summed E-state index contributed by atoms with van der Waals surface area (Å²) in [5, 5.41) is 13.8. The Morgan fingerprint density at radius 3 is 2.71 bits per heavy atom. The van der Waals surface area contributed by atoms with Crippen LogP contribution < -0.4 is 5.32 Å². The van der Waals surface area contributed by atoms with Crippen molar-refractivity contribution in [2.75, 3.05) is 25.1 Å². The van der Waals surface area contributed by atoms with Gasteiger partial charge in [0.25, 0.3) is 5.69 Å². The third kappa shape index (κ3) is 2.94. The molecule has 17 heavy (non-hydrogen) atoms. The third-order valence-corrected chi connectivity index (χ3v) is 3.10. The Morgan fingerprint density at radius 1 is 1.47 bits per heavy atom. The first-order chi connectivity index (χ1) is 8.09. The Morgan fingerprint density at radius 2 is 2.18 bits per heavy atom. The van der Waals surface area contributed by atoms with E-state index in [0.29, 0.717) is 0 Å². The van der Waals surface area contributed by atoms with Crippen LogP contribution in [0.4, 0.5) is 11.4 Å². The Balaban J connectivity index is 1.93. The second kappa shape index (κ2) is 4.71. The van der Waals surface area contributed by atoms with Gasteiger partial charge in [-0.15, -0.1) is 0 Å². The van der Waals surface area contributed by atoms with Crippen molar-refractivity contribution < 1.29 is 9.66 Å². The monoisotopic (exact) mass is 236 g/mol. The molecule has 92 valence electrons. The highest BCUT2D eigenvalue weighted by Gasteiger charge is 2.29. The fourth-order valence-electron chi connectivity index (χ4n) is 1.87.